The summed E-state index contributed by atoms with van der Waals surface area (Å²) >= 11 is 11.9. The molecule has 18 heavy (non-hydrogen) atoms. The Hall–Kier alpha value is -0.440. The summed E-state index contributed by atoms with van der Waals surface area (Å²) in [5.74, 6) is 0. The van der Waals surface area contributed by atoms with Crippen molar-refractivity contribution in [1.82, 2.24) is 5.32 Å². The van der Waals surface area contributed by atoms with Crippen molar-refractivity contribution in [3.63, 3.8) is 0 Å². The van der Waals surface area contributed by atoms with E-state index >= 15 is 0 Å². The predicted octanol–water partition coefficient (Wildman–Crippen LogP) is 3.94. The van der Waals surface area contributed by atoms with Crippen LogP contribution in [0.1, 0.15) is 25.7 Å². The number of hydrogen-bond donors (Lipinski definition) is 2. The SMILES string of the molecule is Clc1ccc(NC2CC3(CCNCC3)C2)cc1Cl. The van der Waals surface area contributed by atoms with Gasteiger partial charge in [0.25, 0.3) is 0 Å². The van der Waals surface area contributed by atoms with Crippen LogP contribution in [0, 0.1) is 5.41 Å². The third kappa shape index (κ3) is 2.47. The van der Waals surface area contributed by atoms with Crippen LogP contribution in [-0.4, -0.2) is 19.1 Å². The first kappa shape index (κ1) is 12.6. The monoisotopic (exact) mass is 284 g/mol. The molecule has 0 atom stereocenters. The molecule has 1 aliphatic heterocycles. The van der Waals surface area contributed by atoms with Gasteiger partial charge in [-0.15, -0.1) is 0 Å². The van der Waals surface area contributed by atoms with Gasteiger partial charge in [-0.3, -0.25) is 0 Å². The Morgan fingerprint density at radius 2 is 1.83 bits per heavy atom. The van der Waals surface area contributed by atoms with Crippen LogP contribution in [0.2, 0.25) is 10.0 Å². The van der Waals surface area contributed by atoms with E-state index < -0.39 is 0 Å². The maximum atomic E-state index is 6.02. The molecule has 1 aliphatic carbocycles. The van der Waals surface area contributed by atoms with Crippen LogP contribution in [0.25, 0.3) is 0 Å². The van der Waals surface area contributed by atoms with Gasteiger partial charge in [0, 0.05) is 11.7 Å². The number of anilines is 1. The molecular formula is C14H18Cl2N2. The van der Waals surface area contributed by atoms with Crippen LogP contribution in [-0.2, 0) is 0 Å². The van der Waals surface area contributed by atoms with Crippen molar-refractivity contribution >= 4 is 28.9 Å². The van der Waals surface area contributed by atoms with Crippen molar-refractivity contribution in [1.29, 1.82) is 0 Å². The standard InChI is InChI=1S/C14H18Cl2N2/c15-12-2-1-10(7-13(12)16)18-11-8-14(9-11)3-5-17-6-4-14/h1-2,7,11,17-18H,3-6,8-9H2. The van der Waals surface area contributed by atoms with Gasteiger partial charge in [0.2, 0.25) is 0 Å². The van der Waals surface area contributed by atoms with Gasteiger partial charge in [-0.25, -0.2) is 0 Å². The number of halogens is 2. The fourth-order valence-corrected chi connectivity index (χ4v) is 3.57. The lowest BCUT2D eigenvalue weighted by Crippen LogP contribution is -2.50. The number of benzene rings is 1. The van der Waals surface area contributed by atoms with Crippen LogP contribution < -0.4 is 10.6 Å². The largest absolute Gasteiger partial charge is 0.382 e. The highest BCUT2D eigenvalue weighted by atomic mass is 35.5. The summed E-state index contributed by atoms with van der Waals surface area (Å²) < 4.78 is 0. The Labute approximate surface area is 118 Å². The summed E-state index contributed by atoms with van der Waals surface area (Å²) in [5.41, 5.74) is 1.69. The molecule has 2 nitrogen and oxygen atoms in total. The van der Waals surface area contributed by atoms with Crippen LogP contribution in [0.5, 0.6) is 0 Å². The molecule has 3 rings (SSSR count). The Kier molecular flexibility index (Phi) is 3.44. The van der Waals surface area contributed by atoms with E-state index in [0.29, 0.717) is 21.5 Å². The summed E-state index contributed by atoms with van der Waals surface area (Å²) in [4.78, 5) is 0. The topological polar surface area (TPSA) is 24.1 Å². The van der Waals surface area contributed by atoms with E-state index in [2.05, 4.69) is 10.6 Å². The van der Waals surface area contributed by atoms with E-state index in [1.165, 1.54) is 38.8 Å². The molecule has 2 fully saturated rings. The van der Waals surface area contributed by atoms with Crippen LogP contribution in [0.4, 0.5) is 5.69 Å². The molecule has 2 N–H and O–H groups in total. The van der Waals surface area contributed by atoms with Crippen molar-refractivity contribution in [2.45, 2.75) is 31.7 Å². The maximum Gasteiger partial charge on any atom is 0.0612 e. The Balaban J connectivity index is 1.57. The van der Waals surface area contributed by atoms with Gasteiger partial charge in [0.1, 0.15) is 0 Å². The maximum absolute atomic E-state index is 6.02. The molecule has 0 aromatic heterocycles. The van der Waals surface area contributed by atoms with Crippen LogP contribution >= 0.6 is 23.2 Å². The minimum Gasteiger partial charge on any atom is -0.382 e. The second-order valence-corrected chi connectivity index (χ2v) is 6.44. The van der Waals surface area contributed by atoms with E-state index in [-0.39, 0.29) is 0 Å². The van der Waals surface area contributed by atoms with Crippen LogP contribution in [0.3, 0.4) is 0 Å². The van der Waals surface area contributed by atoms with Crippen molar-refractivity contribution in [3.8, 4) is 0 Å². The minimum atomic E-state index is 0.598. The van der Waals surface area contributed by atoms with E-state index in [1.54, 1.807) is 0 Å². The lowest BCUT2D eigenvalue weighted by Gasteiger charge is -2.50. The molecule has 1 spiro atoms. The molecule has 0 amide bonds. The number of hydrogen-bond acceptors (Lipinski definition) is 2. The average Bonchev–Trinajstić information content (AvgIpc) is 2.33. The molecule has 1 saturated heterocycles. The van der Waals surface area contributed by atoms with Gasteiger partial charge >= 0.3 is 0 Å². The number of piperidine rings is 1. The fraction of sp³-hybridized carbons (Fsp3) is 0.571. The molecule has 4 heteroatoms. The van der Waals surface area contributed by atoms with Crippen molar-refractivity contribution in [3.05, 3.63) is 28.2 Å². The third-order valence-corrected chi connectivity index (χ3v) is 5.05. The lowest BCUT2D eigenvalue weighted by molar-refractivity contribution is 0.0719. The van der Waals surface area contributed by atoms with Crippen molar-refractivity contribution in [2.75, 3.05) is 18.4 Å². The first-order valence-corrected chi connectivity index (χ1v) is 7.35. The summed E-state index contributed by atoms with van der Waals surface area (Å²) in [6.07, 6.45) is 5.23. The van der Waals surface area contributed by atoms with Gasteiger partial charge in [-0.1, -0.05) is 23.2 Å². The predicted molar refractivity (Wildman–Crippen MR) is 77.6 cm³/mol. The molecule has 98 valence electrons. The highest BCUT2D eigenvalue weighted by Crippen LogP contribution is 2.48. The van der Waals surface area contributed by atoms with E-state index in [0.717, 1.165) is 5.69 Å². The zero-order chi connectivity index (χ0) is 12.6. The number of rotatable bonds is 2. The quantitative estimate of drug-likeness (QED) is 0.860. The molecule has 1 saturated carbocycles. The first-order chi connectivity index (χ1) is 8.67. The Morgan fingerprint density at radius 3 is 2.50 bits per heavy atom. The van der Waals surface area contributed by atoms with E-state index in [4.69, 9.17) is 23.2 Å². The summed E-state index contributed by atoms with van der Waals surface area (Å²) in [5, 5.41) is 8.23. The first-order valence-electron chi connectivity index (χ1n) is 6.59. The zero-order valence-electron chi connectivity index (χ0n) is 10.3. The smallest absolute Gasteiger partial charge is 0.0612 e. The average molecular weight is 285 g/mol. The van der Waals surface area contributed by atoms with Gasteiger partial charge in [0.05, 0.1) is 10.0 Å². The summed E-state index contributed by atoms with van der Waals surface area (Å²) in [6, 6.07) is 6.37. The lowest BCUT2D eigenvalue weighted by atomic mass is 9.60. The molecule has 0 radical (unpaired) electrons. The highest BCUT2D eigenvalue weighted by molar-refractivity contribution is 6.42. The van der Waals surface area contributed by atoms with Gasteiger partial charge in [-0.2, -0.15) is 0 Å². The normalized spacial score (nSPS) is 22.8. The molecule has 0 unspecified atom stereocenters. The molecule has 1 aromatic rings. The fourth-order valence-electron chi connectivity index (χ4n) is 3.27. The summed E-state index contributed by atoms with van der Waals surface area (Å²) in [6.45, 7) is 2.36. The molecule has 1 aromatic carbocycles. The van der Waals surface area contributed by atoms with Crippen LogP contribution in [0.15, 0.2) is 18.2 Å². The summed E-state index contributed by atoms with van der Waals surface area (Å²) in [7, 11) is 0. The zero-order valence-corrected chi connectivity index (χ0v) is 11.8. The minimum absolute atomic E-state index is 0.598. The molecule has 1 heterocycles. The number of nitrogens with one attached hydrogen (secondary N) is 2. The molecule has 2 aliphatic rings. The molecular weight excluding hydrogens is 267 g/mol. The second-order valence-electron chi connectivity index (χ2n) is 5.63. The van der Waals surface area contributed by atoms with Crippen molar-refractivity contribution in [2.24, 2.45) is 5.41 Å². The third-order valence-electron chi connectivity index (χ3n) is 4.31. The second kappa shape index (κ2) is 4.92. The Bertz CT molecular complexity index is 433. The Morgan fingerprint density at radius 1 is 1.11 bits per heavy atom. The highest BCUT2D eigenvalue weighted by Gasteiger charge is 2.44. The van der Waals surface area contributed by atoms with Crippen molar-refractivity contribution < 1.29 is 0 Å². The van der Waals surface area contributed by atoms with Gasteiger partial charge in [0.15, 0.2) is 0 Å². The van der Waals surface area contributed by atoms with E-state index in [1.807, 2.05) is 18.2 Å². The van der Waals surface area contributed by atoms with Gasteiger partial charge in [-0.05, 0) is 62.4 Å². The molecule has 0 bridgehead atoms. The van der Waals surface area contributed by atoms with Gasteiger partial charge < -0.3 is 10.6 Å². The van der Waals surface area contributed by atoms with E-state index in [9.17, 15) is 0 Å².